The Morgan fingerprint density at radius 2 is 1.21 bits per heavy atom. The lowest BCUT2D eigenvalue weighted by atomic mass is 9.77. The standard InChI is InChI=1S/C26H26N2O/c1-21(2)29-19-25-18-28(20-27-25)26(22-12-6-3-7-13-22,23-14-8-4-9-15-23)24-16-10-5-11-17-24/h3-18,20-21H,19H2,1-2H3. The molecule has 0 amide bonds. The second-order valence-corrected chi connectivity index (χ2v) is 7.44. The molecule has 3 nitrogen and oxygen atoms in total. The summed E-state index contributed by atoms with van der Waals surface area (Å²) < 4.78 is 8.01. The molecule has 0 aliphatic rings. The number of imidazole rings is 1. The zero-order valence-corrected chi connectivity index (χ0v) is 16.9. The fraction of sp³-hybridized carbons (Fsp3) is 0.192. The smallest absolute Gasteiger partial charge is 0.121 e. The second-order valence-electron chi connectivity index (χ2n) is 7.44. The number of hydrogen-bond acceptors (Lipinski definition) is 2. The molecule has 0 fully saturated rings. The first-order valence-electron chi connectivity index (χ1n) is 10.0. The Balaban J connectivity index is 1.96. The van der Waals surface area contributed by atoms with Crippen molar-refractivity contribution in [1.29, 1.82) is 0 Å². The van der Waals surface area contributed by atoms with Crippen LogP contribution in [0.5, 0.6) is 0 Å². The number of ether oxygens (including phenoxy) is 1. The van der Waals surface area contributed by atoms with E-state index in [-0.39, 0.29) is 6.10 Å². The summed E-state index contributed by atoms with van der Waals surface area (Å²) in [6.45, 7) is 4.58. The summed E-state index contributed by atoms with van der Waals surface area (Å²) in [5, 5.41) is 0. The van der Waals surface area contributed by atoms with Crippen LogP contribution in [0.25, 0.3) is 0 Å². The van der Waals surface area contributed by atoms with Gasteiger partial charge in [-0.1, -0.05) is 91.0 Å². The molecule has 1 aromatic heterocycles. The molecule has 0 saturated heterocycles. The van der Waals surface area contributed by atoms with Crippen LogP contribution in [0.1, 0.15) is 36.2 Å². The van der Waals surface area contributed by atoms with Crippen molar-refractivity contribution in [3.63, 3.8) is 0 Å². The predicted octanol–water partition coefficient (Wildman–Crippen LogP) is 5.65. The van der Waals surface area contributed by atoms with Crippen molar-refractivity contribution in [2.75, 3.05) is 0 Å². The molecule has 0 atom stereocenters. The van der Waals surface area contributed by atoms with Gasteiger partial charge in [-0.05, 0) is 30.5 Å². The van der Waals surface area contributed by atoms with E-state index in [0.717, 1.165) is 5.69 Å². The van der Waals surface area contributed by atoms with Crippen LogP contribution >= 0.6 is 0 Å². The molecule has 29 heavy (non-hydrogen) atoms. The van der Waals surface area contributed by atoms with Crippen molar-refractivity contribution in [2.24, 2.45) is 0 Å². The third-order valence-corrected chi connectivity index (χ3v) is 5.16. The molecule has 1 heterocycles. The lowest BCUT2D eigenvalue weighted by Crippen LogP contribution is -2.36. The maximum Gasteiger partial charge on any atom is 0.121 e. The van der Waals surface area contributed by atoms with Crippen LogP contribution in [-0.2, 0) is 16.9 Å². The first-order chi connectivity index (χ1) is 14.2. The van der Waals surface area contributed by atoms with Crippen molar-refractivity contribution in [3.05, 3.63) is 126 Å². The third kappa shape index (κ3) is 3.74. The van der Waals surface area contributed by atoms with E-state index in [1.807, 2.05) is 20.2 Å². The molecule has 0 saturated carbocycles. The molecular formula is C26H26N2O. The minimum Gasteiger partial charge on any atom is -0.372 e. The Kier molecular flexibility index (Phi) is 5.59. The SMILES string of the molecule is CC(C)OCc1cn(C(c2ccccc2)(c2ccccc2)c2ccccc2)cn1. The van der Waals surface area contributed by atoms with Gasteiger partial charge in [0.1, 0.15) is 5.54 Å². The number of nitrogens with zero attached hydrogens (tertiary/aromatic N) is 2. The summed E-state index contributed by atoms with van der Waals surface area (Å²) in [4.78, 5) is 4.67. The topological polar surface area (TPSA) is 27.1 Å². The van der Waals surface area contributed by atoms with Crippen LogP contribution < -0.4 is 0 Å². The molecule has 0 N–H and O–H groups in total. The number of hydrogen-bond donors (Lipinski definition) is 0. The molecular weight excluding hydrogens is 356 g/mol. The second kappa shape index (κ2) is 8.46. The van der Waals surface area contributed by atoms with Gasteiger partial charge in [-0.25, -0.2) is 4.98 Å². The van der Waals surface area contributed by atoms with Crippen LogP contribution in [0.3, 0.4) is 0 Å². The minimum absolute atomic E-state index is 0.169. The highest BCUT2D eigenvalue weighted by Crippen LogP contribution is 2.40. The highest BCUT2D eigenvalue weighted by atomic mass is 16.5. The van der Waals surface area contributed by atoms with E-state index in [2.05, 4.69) is 107 Å². The minimum atomic E-state index is -0.521. The van der Waals surface area contributed by atoms with Crippen molar-refractivity contribution in [3.8, 4) is 0 Å². The van der Waals surface area contributed by atoms with Gasteiger partial charge in [-0.15, -0.1) is 0 Å². The van der Waals surface area contributed by atoms with E-state index in [1.54, 1.807) is 0 Å². The summed E-state index contributed by atoms with van der Waals surface area (Å²) in [7, 11) is 0. The Morgan fingerprint density at radius 1 is 0.759 bits per heavy atom. The van der Waals surface area contributed by atoms with Crippen LogP contribution in [0.2, 0.25) is 0 Å². The van der Waals surface area contributed by atoms with Gasteiger partial charge in [-0.3, -0.25) is 0 Å². The summed E-state index contributed by atoms with van der Waals surface area (Å²) >= 11 is 0. The van der Waals surface area contributed by atoms with Gasteiger partial charge in [0.15, 0.2) is 0 Å². The summed E-state index contributed by atoms with van der Waals surface area (Å²) in [5.41, 5.74) is 3.96. The Morgan fingerprint density at radius 3 is 1.62 bits per heavy atom. The van der Waals surface area contributed by atoms with Crippen molar-refractivity contribution in [1.82, 2.24) is 9.55 Å². The van der Waals surface area contributed by atoms with Gasteiger partial charge in [0.25, 0.3) is 0 Å². The van der Waals surface area contributed by atoms with Crippen LogP contribution in [0.4, 0.5) is 0 Å². The third-order valence-electron chi connectivity index (χ3n) is 5.16. The summed E-state index contributed by atoms with van der Waals surface area (Å²) in [6.07, 6.45) is 4.20. The summed E-state index contributed by atoms with van der Waals surface area (Å²) in [6, 6.07) is 31.8. The molecule has 0 radical (unpaired) electrons. The van der Waals surface area contributed by atoms with E-state index in [1.165, 1.54) is 16.7 Å². The zero-order chi connectivity index (χ0) is 20.1. The highest BCUT2D eigenvalue weighted by Gasteiger charge is 2.38. The molecule has 146 valence electrons. The highest BCUT2D eigenvalue weighted by molar-refractivity contribution is 5.50. The van der Waals surface area contributed by atoms with Gasteiger partial charge < -0.3 is 9.30 Å². The first-order valence-corrected chi connectivity index (χ1v) is 10.0. The van der Waals surface area contributed by atoms with Crippen molar-refractivity contribution >= 4 is 0 Å². The molecule has 0 bridgehead atoms. The lowest BCUT2D eigenvalue weighted by Gasteiger charge is -2.37. The first kappa shape index (κ1) is 19.2. The zero-order valence-electron chi connectivity index (χ0n) is 16.9. The van der Waals surface area contributed by atoms with E-state index >= 15 is 0 Å². The van der Waals surface area contributed by atoms with Crippen LogP contribution in [0, 0.1) is 0 Å². The molecule has 4 rings (SSSR count). The van der Waals surface area contributed by atoms with Crippen LogP contribution in [-0.4, -0.2) is 15.7 Å². The Bertz CT molecular complexity index is 927. The van der Waals surface area contributed by atoms with E-state index in [9.17, 15) is 0 Å². The van der Waals surface area contributed by atoms with Gasteiger partial charge in [0.2, 0.25) is 0 Å². The normalized spacial score (nSPS) is 11.7. The lowest BCUT2D eigenvalue weighted by molar-refractivity contribution is 0.0637. The maximum absolute atomic E-state index is 5.80. The Labute approximate surface area is 172 Å². The summed E-state index contributed by atoms with van der Waals surface area (Å²) in [5.74, 6) is 0. The monoisotopic (exact) mass is 382 g/mol. The van der Waals surface area contributed by atoms with Gasteiger partial charge in [0.05, 0.1) is 24.7 Å². The van der Waals surface area contributed by atoms with Crippen LogP contribution in [0.15, 0.2) is 104 Å². The molecule has 0 spiro atoms. The predicted molar refractivity (Wildman–Crippen MR) is 117 cm³/mol. The number of benzene rings is 3. The van der Waals surface area contributed by atoms with Gasteiger partial charge in [0, 0.05) is 6.20 Å². The van der Waals surface area contributed by atoms with Crippen molar-refractivity contribution < 1.29 is 4.74 Å². The van der Waals surface area contributed by atoms with E-state index in [4.69, 9.17) is 4.74 Å². The number of rotatable bonds is 7. The largest absolute Gasteiger partial charge is 0.372 e. The molecule has 0 unspecified atom stereocenters. The Hall–Kier alpha value is -3.17. The van der Waals surface area contributed by atoms with Gasteiger partial charge in [-0.2, -0.15) is 0 Å². The average molecular weight is 383 g/mol. The van der Waals surface area contributed by atoms with E-state index in [0.29, 0.717) is 6.61 Å². The number of aromatic nitrogens is 2. The maximum atomic E-state index is 5.80. The fourth-order valence-electron chi connectivity index (χ4n) is 3.86. The van der Waals surface area contributed by atoms with Crippen molar-refractivity contribution in [2.45, 2.75) is 32.1 Å². The fourth-order valence-corrected chi connectivity index (χ4v) is 3.86. The average Bonchev–Trinajstić information content (AvgIpc) is 3.24. The van der Waals surface area contributed by atoms with Gasteiger partial charge >= 0.3 is 0 Å². The molecule has 3 aromatic carbocycles. The molecule has 0 aliphatic heterocycles. The quantitative estimate of drug-likeness (QED) is 0.386. The molecule has 4 aromatic rings. The molecule has 0 aliphatic carbocycles. The molecule has 3 heteroatoms. The van der Waals surface area contributed by atoms with E-state index < -0.39 is 5.54 Å².